The molecular formula is C26H31N3O2. The van der Waals surface area contributed by atoms with Crippen LogP contribution in [0.15, 0.2) is 48.0 Å². The van der Waals surface area contributed by atoms with Crippen molar-refractivity contribution >= 4 is 23.4 Å². The Morgan fingerprint density at radius 1 is 1.26 bits per heavy atom. The number of nitrogens with zero attached hydrogens (tertiary/aromatic N) is 2. The van der Waals surface area contributed by atoms with Crippen LogP contribution < -0.4 is 15.0 Å². The van der Waals surface area contributed by atoms with Crippen LogP contribution in [0.4, 0.5) is 11.4 Å². The van der Waals surface area contributed by atoms with E-state index in [2.05, 4.69) is 50.0 Å². The molecule has 162 valence electrons. The van der Waals surface area contributed by atoms with Crippen molar-refractivity contribution in [3.63, 3.8) is 0 Å². The predicted octanol–water partition coefficient (Wildman–Crippen LogP) is 5.74. The molecule has 1 aliphatic heterocycles. The molecule has 5 heteroatoms. The van der Waals surface area contributed by atoms with Crippen LogP contribution >= 0.6 is 0 Å². The fraction of sp³-hybridized carbons (Fsp3) is 0.385. The van der Waals surface area contributed by atoms with E-state index in [9.17, 15) is 10.1 Å². The lowest BCUT2D eigenvalue weighted by atomic mass is 9.79. The molecule has 1 amide bonds. The Kier molecular flexibility index (Phi) is 6.70. The predicted molar refractivity (Wildman–Crippen MR) is 126 cm³/mol. The molecule has 0 aliphatic carbocycles. The van der Waals surface area contributed by atoms with Crippen LogP contribution in [-0.2, 0) is 4.79 Å². The molecular weight excluding hydrogens is 386 g/mol. The lowest BCUT2D eigenvalue weighted by Gasteiger charge is -2.47. The fourth-order valence-electron chi connectivity index (χ4n) is 4.51. The van der Waals surface area contributed by atoms with Crippen LogP contribution in [0.2, 0.25) is 0 Å². The monoisotopic (exact) mass is 417 g/mol. The minimum atomic E-state index is -0.422. The molecule has 3 rings (SSSR count). The van der Waals surface area contributed by atoms with Gasteiger partial charge in [0.25, 0.3) is 5.91 Å². The van der Waals surface area contributed by atoms with Crippen molar-refractivity contribution in [2.75, 3.05) is 23.4 Å². The van der Waals surface area contributed by atoms with Crippen molar-refractivity contribution < 1.29 is 9.53 Å². The number of nitriles is 1. The van der Waals surface area contributed by atoms with Gasteiger partial charge in [0.2, 0.25) is 0 Å². The molecule has 0 saturated carbocycles. The number of carbonyl (C=O) groups excluding carboxylic acids is 1. The van der Waals surface area contributed by atoms with E-state index in [0.29, 0.717) is 18.2 Å². The average molecular weight is 418 g/mol. The third-order valence-corrected chi connectivity index (χ3v) is 5.83. The molecule has 0 bridgehead atoms. The second-order valence-electron chi connectivity index (χ2n) is 8.56. The SMILES string of the molecule is CCOc1ccc(NC(=O)/C(C#N)=C/c2ccc3c(c2)C(C)CC(C)(C)N3CC)cc1. The van der Waals surface area contributed by atoms with Gasteiger partial charge >= 0.3 is 0 Å². The molecule has 0 spiro atoms. The smallest absolute Gasteiger partial charge is 0.266 e. The Labute approximate surface area is 185 Å². The molecule has 31 heavy (non-hydrogen) atoms. The second kappa shape index (κ2) is 9.26. The maximum atomic E-state index is 12.7. The molecule has 1 unspecified atom stereocenters. The summed E-state index contributed by atoms with van der Waals surface area (Å²) in [5.74, 6) is 0.724. The van der Waals surface area contributed by atoms with Gasteiger partial charge in [-0.1, -0.05) is 13.0 Å². The zero-order valence-electron chi connectivity index (χ0n) is 19.0. The van der Waals surface area contributed by atoms with E-state index in [1.165, 1.54) is 11.3 Å². The Morgan fingerprint density at radius 2 is 1.97 bits per heavy atom. The number of hydrogen-bond donors (Lipinski definition) is 1. The van der Waals surface area contributed by atoms with E-state index < -0.39 is 5.91 Å². The summed E-state index contributed by atoms with van der Waals surface area (Å²) in [5, 5.41) is 12.4. The molecule has 0 radical (unpaired) electrons. The van der Waals surface area contributed by atoms with Crippen molar-refractivity contribution in [3.05, 3.63) is 59.2 Å². The van der Waals surface area contributed by atoms with Crippen LogP contribution in [0, 0.1) is 11.3 Å². The lowest BCUT2D eigenvalue weighted by Crippen LogP contribution is -2.48. The zero-order valence-corrected chi connectivity index (χ0v) is 19.0. The van der Waals surface area contributed by atoms with Crippen LogP contribution in [-0.4, -0.2) is 24.6 Å². The summed E-state index contributed by atoms with van der Waals surface area (Å²) in [6.07, 6.45) is 2.72. The first-order valence-electron chi connectivity index (χ1n) is 10.9. The van der Waals surface area contributed by atoms with Gasteiger partial charge in [-0.3, -0.25) is 4.79 Å². The number of fused-ring (bicyclic) bond motifs is 1. The molecule has 0 aromatic heterocycles. The highest BCUT2D eigenvalue weighted by Gasteiger charge is 2.35. The van der Waals surface area contributed by atoms with E-state index in [4.69, 9.17) is 4.74 Å². The Morgan fingerprint density at radius 3 is 2.58 bits per heavy atom. The molecule has 2 aromatic rings. The fourth-order valence-corrected chi connectivity index (χ4v) is 4.51. The van der Waals surface area contributed by atoms with Gasteiger partial charge in [0.15, 0.2) is 0 Å². The van der Waals surface area contributed by atoms with Crippen molar-refractivity contribution in [3.8, 4) is 11.8 Å². The van der Waals surface area contributed by atoms with Crippen molar-refractivity contribution in [2.45, 2.75) is 52.5 Å². The maximum Gasteiger partial charge on any atom is 0.266 e. The summed E-state index contributed by atoms with van der Waals surface area (Å²) in [7, 11) is 0. The van der Waals surface area contributed by atoms with Crippen LogP contribution in [0.1, 0.15) is 58.1 Å². The number of rotatable bonds is 6. The summed E-state index contributed by atoms with van der Waals surface area (Å²) in [6, 6.07) is 15.4. The third-order valence-electron chi connectivity index (χ3n) is 5.83. The van der Waals surface area contributed by atoms with Gasteiger partial charge in [0.05, 0.1) is 6.61 Å². The molecule has 1 heterocycles. The van der Waals surface area contributed by atoms with E-state index in [1.807, 2.05) is 19.1 Å². The maximum absolute atomic E-state index is 12.7. The Balaban J connectivity index is 1.83. The molecule has 0 fully saturated rings. The summed E-state index contributed by atoms with van der Waals surface area (Å²) < 4.78 is 5.42. The highest BCUT2D eigenvalue weighted by Crippen LogP contribution is 2.43. The van der Waals surface area contributed by atoms with Gasteiger partial charge in [0, 0.05) is 23.5 Å². The van der Waals surface area contributed by atoms with Gasteiger partial charge in [-0.25, -0.2) is 0 Å². The number of amides is 1. The largest absolute Gasteiger partial charge is 0.494 e. The molecule has 1 atom stereocenters. The summed E-state index contributed by atoms with van der Waals surface area (Å²) in [6.45, 7) is 12.4. The van der Waals surface area contributed by atoms with Gasteiger partial charge < -0.3 is 15.0 Å². The van der Waals surface area contributed by atoms with Gasteiger partial charge in [-0.05, 0) is 93.6 Å². The first-order chi connectivity index (χ1) is 14.8. The first kappa shape index (κ1) is 22.4. The highest BCUT2D eigenvalue weighted by molar-refractivity contribution is 6.09. The van der Waals surface area contributed by atoms with Crippen molar-refractivity contribution in [2.24, 2.45) is 0 Å². The Hall–Kier alpha value is -3.26. The summed E-state index contributed by atoms with van der Waals surface area (Å²) in [4.78, 5) is 15.1. The van der Waals surface area contributed by atoms with E-state index in [1.54, 1.807) is 30.3 Å². The minimum absolute atomic E-state index is 0.0741. The van der Waals surface area contributed by atoms with E-state index in [0.717, 1.165) is 24.3 Å². The second-order valence-corrected chi connectivity index (χ2v) is 8.56. The van der Waals surface area contributed by atoms with Gasteiger partial charge in [0.1, 0.15) is 17.4 Å². The number of benzene rings is 2. The quantitative estimate of drug-likeness (QED) is 0.480. The highest BCUT2D eigenvalue weighted by atomic mass is 16.5. The lowest BCUT2D eigenvalue weighted by molar-refractivity contribution is -0.112. The summed E-state index contributed by atoms with van der Waals surface area (Å²) >= 11 is 0. The summed E-state index contributed by atoms with van der Waals surface area (Å²) in [5.41, 5.74) is 4.16. The molecule has 5 nitrogen and oxygen atoms in total. The number of nitrogens with one attached hydrogen (secondary N) is 1. The van der Waals surface area contributed by atoms with Crippen LogP contribution in [0.3, 0.4) is 0 Å². The van der Waals surface area contributed by atoms with E-state index >= 15 is 0 Å². The normalized spacial score (nSPS) is 17.5. The number of anilines is 2. The van der Waals surface area contributed by atoms with Gasteiger partial charge in [-0.15, -0.1) is 0 Å². The number of ether oxygens (including phenoxy) is 1. The number of carbonyl (C=O) groups is 1. The molecule has 2 aromatic carbocycles. The van der Waals surface area contributed by atoms with Crippen LogP contribution in [0.5, 0.6) is 5.75 Å². The standard InChI is InChI=1S/C26H31N3O2/c1-6-29-24-13-8-19(15-23(24)18(3)16-26(29,4)5)14-20(17-27)25(30)28-21-9-11-22(12-10-21)31-7-2/h8-15,18H,6-7,16H2,1-5H3,(H,28,30)/b20-14+. The zero-order chi connectivity index (χ0) is 22.6. The third kappa shape index (κ3) is 4.91. The first-order valence-corrected chi connectivity index (χ1v) is 10.9. The number of hydrogen-bond acceptors (Lipinski definition) is 4. The van der Waals surface area contributed by atoms with Crippen LogP contribution in [0.25, 0.3) is 6.08 Å². The Bertz CT molecular complexity index is 1020. The molecule has 0 saturated heterocycles. The topological polar surface area (TPSA) is 65.4 Å². The van der Waals surface area contributed by atoms with E-state index in [-0.39, 0.29) is 11.1 Å². The van der Waals surface area contributed by atoms with Crippen molar-refractivity contribution in [1.29, 1.82) is 5.26 Å². The van der Waals surface area contributed by atoms with Gasteiger partial charge in [-0.2, -0.15) is 5.26 Å². The minimum Gasteiger partial charge on any atom is -0.494 e. The molecule has 1 N–H and O–H groups in total. The van der Waals surface area contributed by atoms with Crippen molar-refractivity contribution in [1.82, 2.24) is 0 Å². The molecule has 1 aliphatic rings. The average Bonchev–Trinajstić information content (AvgIpc) is 2.73.